The van der Waals surface area contributed by atoms with E-state index < -0.39 is 6.03 Å². The Hall–Kier alpha value is -0.770. The fraction of sp³-hybridized carbons (Fsp3) is 0.500. The van der Waals surface area contributed by atoms with E-state index in [1.807, 2.05) is 0 Å². The number of hydrogen-bond acceptors (Lipinski definition) is 2. The molecule has 1 fully saturated rings. The molecule has 1 heterocycles. The van der Waals surface area contributed by atoms with Crippen molar-refractivity contribution in [3.8, 4) is 0 Å². The summed E-state index contributed by atoms with van der Waals surface area (Å²) in [7, 11) is 0. The Kier molecular flexibility index (Phi) is 0.481. The molecule has 1 aliphatic rings. The lowest BCUT2D eigenvalue weighted by molar-refractivity contribution is 0.235. The molecule has 3 N–H and O–H groups in total. The molecule has 2 amide bonds. The zero-order valence-electron chi connectivity index (χ0n) is 3.14. The maximum Gasteiger partial charge on any atom is 0.330 e. The van der Waals surface area contributed by atoms with Crippen LogP contribution in [0.2, 0.25) is 0 Å². The summed E-state index contributed by atoms with van der Waals surface area (Å²) in [4.78, 5) is 9.85. The van der Waals surface area contributed by atoms with Crippen LogP contribution < -0.4 is 11.2 Å². The molecule has 4 nitrogen and oxygen atoms in total. The van der Waals surface area contributed by atoms with Gasteiger partial charge in [0, 0.05) is 0 Å². The molecule has 0 aromatic carbocycles. The normalized spacial score (nSPS) is 17.7. The van der Waals surface area contributed by atoms with Crippen LogP contribution in [-0.2, 0) is 0 Å². The van der Waals surface area contributed by atoms with Crippen molar-refractivity contribution in [3.05, 3.63) is 0 Å². The van der Waals surface area contributed by atoms with Gasteiger partial charge in [0.05, 0.1) is 0 Å². The monoisotopic (exact) mass is 87.0 g/mol. The quantitative estimate of drug-likeness (QED) is 0.366. The smallest absolute Gasteiger partial charge is 0.330 e. The average molecular weight is 87.1 g/mol. The van der Waals surface area contributed by atoms with E-state index in [0.717, 1.165) is 0 Å². The molecule has 4 heteroatoms. The second-order valence-electron chi connectivity index (χ2n) is 1.08. The fourth-order valence-corrected chi connectivity index (χ4v) is 0.191. The first-order chi connectivity index (χ1) is 2.80. The summed E-state index contributed by atoms with van der Waals surface area (Å²) in [6.07, 6.45) is 0. The second-order valence-corrected chi connectivity index (χ2v) is 1.08. The molecule has 0 bridgehead atoms. The minimum absolute atomic E-state index is 0.407. The van der Waals surface area contributed by atoms with Gasteiger partial charge in [0.25, 0.3) is 0 Å². The number of nitrogens with one attached hydrogen (secondary N) is 1. The van der Waals surface area contributed by atoms with Gasteiger partial charge in [-0.05, 0) is 0 Å². The van der Waals surface area contributed by atoms with Crippen molar-refractivity contribution in [2.24, 2.45) is 5.73 Å². The van der Waals surface area contributed by atoms with Crippen LogP contribution >= 0.6 is 0 Å². The van der Waals surface area contributed by atoms with Crippen LogP contribution in [0.1, 0.15) is 0 Å². The summed E-state index contributed by atoms with van der Waals surface area (Å²) in [6, 6.07) is -0.407. The number of carbonyl (C=O) groups excluding carboxylic acids is 1. The van der Waals surface area contributed by atoms with Crippen LogP contribution in [0.15, 0.2) is 0 Å². The van der Waals surface area contributed by atoms with Crippen LogP contribution in [-0.4, -0.2) is 17.7 Å². The third-order valence-corrected chi connectivity index (χ3v) is 0.582. The molecule has 6 heavy (non-hydrogen) atoms. The van der Waals surface area contributed by atoms with Gasteiger partial charge in [-0.1, -0.05) is 0 Å². The highest BCUT2D eigenvalue weighted by molar-refractivity contribution is 5.72. The summed E-state index contributed by atoms with van der Waals surface area (Å²) >= 11 is 0. The van der Waals surface area contributed by atoms with Crippen molar-refractivity contribution in [3.63, 3.8) is 0 Å². The van der Waals surface area contributed by atoms with Crippen molar-refractivity contribution < 1.29 is 4.79 Å². The van der Waals surface area contributed by atoms with Crippen LogP contribution in [0, 0.1) is 0 Å². The van der Waals surface area contributed by atoms with Gasteiger partial charge in [-0.15, -0.1) is 0 Å². The minimum atomic E-state index is -0.407. The van der Waals surface area contributed by atoms with E-state index in [1.54, 1.807) is 0 Å². The van der Waals surface area contributed by atoms with E-state index in [0.29, 0.717) is 6.67 Å². The van der Waals surface area contributed by atoms with Gasteiger partial charge in [0.1, 0.15) is 6.67 Å². The van der Waals surface area contributed by atoms with Gasteiger partial charge in [0.2, 0.25) is 0 Å². The third kappa shape index (κ3) is 0.414. The maximum atomic E-state index is 9.85. The first-order valence-corrected chi connectivity index (χ1v) is 1.61. The van der Waals surface area contributed by atoms with Crippen molar-refractivity contribution in [1.82, 2.24) is 10.4 Å². The maximum absolute atomic E-state index is 9.85. The lowest BCUT2D eigenvalue weighted by Crippen LogP contribution is -2.20. The van der Waals surface area contributed by atoms with Crippen molar-refractivity contribution in [1.29, 1.82) is 0 Å². The number of hydrazine groups is 1. The highest BCUT2D eigenvalue weighted by Gasteiger charge is 2.19. The number of nitrogens with two attached hydrogens (primary N) is 1. The highest BCUT2D eigenvalue weighted by atomic mass is 16.2. The molecule has 0 spiro atoms. The molecule has 1 saturated heterocycles. The summed E-state index contributed by atoms with van der Waals surface area (Å²) in [6.45, 7) is 0.606. The van der Waals surface area contributed by atoms with Crippen LogP contribution in [0.5, 0.6) is 0 Å². The summed E-state index contributed by atoms with van der Waals surface area (Å²) < 4.78 is 0. The Labute approximate surface area is 34.9 Å². The van der Waals surface area contributed by atoms with Gasteiger partial charge in [-0.25, -0.2) is 15.2 Å². The van der Waals surface area contributed by atoms with Gasteiger partial charge < -0.3 is 5.73 Å². The summed E-state index contributed by atoms with van der Waals surface area (Å²) in [5, 5.41) is 1.31. The van der Waals surface area contributed by atoms with E-state index in [9.17, 15) is 4.79 Å². The predicted molar refractivity (Wildman–Crippen MR) is 19.4 cm³/mol. The van der Waals surface area contributed by atoms with E-state index in [-0.39, 0.29) is 0 Å². The van der Waals surface area contributed by atoms with E-state index >= 15 is 0 Å². The van der Waals surface area contributed by atoms with Gasteiger partial charge in [-0.3, -0.25) is 0 Å². The van der Waals surface area contributed by atoms with E-state index in [1.165, 1.54) is 5.01 Å². The molecule has 1 rings (SSSR count). The Morgan fingerprint density at radius 2 is 2.50 bits per heavy atom. The first kappa shape index (κ1) is 3.42. The van der Waals surface area contributed by atoms with Crippen LogP contribution in [0.3, 0.4) is 0 Å². The van der Waals surface area contributed by atoms with Crippen molar-refractivity contribution in [2.45, 2.75) is 0 Å². The number of carbonyl (C=O) groups is 1. The van der Waals surface area contributed by atoms with Gasteiger partial charge in [-0.2, -0.15) is 0 Å². The molecule has 0 aliphatic carbocycles. The zero-order valence-corrected chi connectivity index (χ0v) is 3.14. The highest BCUT2D eigenvalue weighted by Crippen LogP contribution is 1.88. The molecule has 1 aliphatic heterocycles. The molecule has 0 saturated carbocycles. The topological polar surface area (TPSA) is 68.0 Å². The fourth-order valence-electron chi connectivity index (χ4n) is 0.191. The molecular formula is C2H5N3O. The predicted octanol–water partition coefficient (Wildman–Crippen LogP) is -1.16. The van der Waals surface area contributed by atoms with E-state index in [2.05, 4.69) is 5.43 Å². The number of hydrogen-bond donors (Lipinski definition) is 2. The Bertz CT molecular complexity index is 76.9. The van der Waals surface area contributed by atoms with Crippen LogP contribution in [0.4, 0.5) is 4.79 Å². The zero-order chi connectivity index (χ0) is 4.57. The van der Waals surface area contributed by atoms with Crippen molar-refractivity contribution >= 4 is 6.03 Å². The van der Waals surface area contributed by atoms with E-state index in [4.69, 9.17) is 5.73 Å². The average Bonchev–Trinajstić information content (AvgIpc) is 2.06. The lowest BCUT2D eigenvalue weighted by atomic mass is 11.1. The first-order valence-electron chi connectivity index (χ1n) is 1.61. The standard InChI is InChI=1S/C2H5N3O/c3-2(6)5-1-4-5/h4H,1H2,(H2,3,6). The molecule has 0 aromatic rings. The minimum Gasteiger partial charge on any atom is -0.350 e. The van der Waals surface area contributed by atoms with Gasteiger partial charge >= 0.3 is 6.03 Å². The molecular weight excluding hydrogens is 82.0 g/mol. The largest absolute Gasteiger partial charge is 0.350 e. The Morgan fingerprint density at radius 3 is 2.50 bits per heavy atom. The number of amides is 2. The lowest BCUT2D eigenvalue weighted by Gasteiger charge is -1.83. The Balaban J connectivity index is 2.31. The second kappa shape index (κ2) is 0.844. The summed E-state index contributed by atoms with van der Waals surface area (Å²) in [5.41, 5.74) is 7.31. The number of urea groups is 1. The van der Waals surface area contributed by atoms with Gasteiger partial charge in [0.15, 0.2) is 0 Å². The molecule has 34 valence electrons. The SMILES string of the molecule is NC(=O)N1CN1. The number of rotatable bonds is 0. The van der Waals surface area contributed by atoms with Crippen molar-refractivity contribution in [2.75, 3.05) is 6.67 Å². The van der Waals surface area contributed by atoms with Crippen LogP contribution in [0.25, 0.3) is 0 Å². The molecule has 0 aromatic heterocycles. The number of nitrogens with zero attached hydrogens (tertiary/aromatic N) is 1. The Morgan fingerprint density at radius 1 is 2.00 bits per heavy atom. The third-order valence-electron chi connectivity index (χ3n) is 0.582. The molecule has 0 unspecified atom stereocenters. The summed E-state index contributed by atoms with van der Waals surface area (Å²) in [5.74, 6) is 0. The molecule has 0 radical (unpaired) electrons. The number of primary amides is 1. The molecule has 0 atom stereocenters.